The van der Waals surface area contributed by atoms with Crippen molar-refractivity contribution in [2.75, 3.05) is 33.4 Å². The molecule has 0 aliphatic carbocycles. The van der Waals surface area contributed by atoms with E-state index < -0.39 is 0 Å². The summed E-state index contributed by atoms with van der Waals surface area (Å²) in [6, 6.07) is 0. The number of ether oxygens (including phenoxy) is 3. The van der Waals surface area contributed by atoms with Crippen molar-refractivity contribution in [3.8, 4) is 5.75 Å². The van der Waals surface area contributed by atoms with Crippen LogP contribution in [0.25, 0.3) is 0 Å². The number of aryl methyl sites for hydroxylation is 1. The molecule has 0 aromatic carbocycles. The van der Waals surface area contributed by atoms with Crippen LogP contribution in [0.4, 0.5) is 0 Å². The molecule has 0 bridgehead atoms. The molecule has 19 heavy (non-hydrogen) atoms. The minimum absolute atomic E-state index is 0.140. The lowest BCUT2D eigenvalue weighted by molar-refractivity contribution is -0.0364. The van der Waals surface area contributed by atoms with Gasteiger partial charge in [0.15, 0.2) is 0 Å². The zero-order valence-corrected chi connectivity index (χ0v) is 11.9. The molecule has 2 rings (SSSR count). The fraction of sp³-hybridized carbons (Fsp3) is 0.643. The van der Waals surface area contributed by atoms with E-state index in [0.717, 1.165) is 42.3 Å². The summed E-state index contributed by atoms with van der Waals surface area (Å²) in [5.74, 6) is 0.893. The van der Waals surface area contributed by atoms with Gasteiger partial charge in [-0.15, -0.1) is 0 Å². The molecule has 1 unspecified atom stereocenters. The third-order valence-electron chi connectivity index (χ3n) is 3.30. The van der Waals surface area contributed by atoms with Gasteiger partial charge in [0.25, 0.3) is 0 Å². The Labute approximate surface area is 114 Å². The van der Waals surface area contributed by atoms with Crippen LogP contribution in [-0.2, 0) is 16.1 Å². The first kappa shape index (κ1) is 14.2. The zero-order valence-electron chi connectivity index (χ0n) is 11.9. The van der Waals surface area contributed by atoms with E-state index in [-0.39, 0.29) is 6.10 Å². The van der Waals surface area contributed by atoms with Gasteiger partial charge >= 0.3 is 0 Å². The highest BCUT2D eigenvalue weighted by Crippen LogP contribution is 2.24. The Balaban J connectivity index is 1.88. The molecule has 5 heteroatoms. The van der Waals surface area contributed by atoms with Crippen LogP contribution in [0.3, 0.4) is 0 Å². The van der Waals surface area contributed by atoms with Gasteiger partial charge in [-0.05, 0) is 13.8 Å². The number of pyridine rings is 1. The summed E-state index contributed by atoms with van der Waals surface area (Å²) < 4.78 is 16.7. The monoisotopic (exact) mass is 266 g/mol. The molecule has 1 fully saturated rings. The minimum atomic E-state index is 0.140. The Morgan fingerprint density at radius 2 is 2.32 bits per heavy atom. The Kier molecular flexibility index (Phi) is 5.13. The SMILES string of the molecule is COc1c(C)cnc(COCC2CNCCO2)c1C. The second-order valence-corrected chi connectivity index (χ2v) is 4.76. The third-order valence-corrected chi connectivity index (χ3v) is 3.30. The standard InChI is InChI=1S/C14H22N2O3/c1-10-6-16-13(11(2)14(10)17-3)9-18-8-12-7-15-4-5-19-12/h6,12,15H,4-5,7-9H2,1-3H3. The molecule has 1 aliphatic heterocycles. The molecule has 0 saturated carbocycles. The van der Waals surface area contributed by atoms with Gasteiger partial charge in [0.1, 0.15) is 5.75 Å². The molecule has 5 nitrogen and oxygen atoms in total. The van der Waals surface area contributed by atoms with Crippen LogP contribution in [0.1, 0.15) is 16.8 Å². The van der Waals surface area contributed by atoms with Crippen LogP contribution in [0.5, 0.6) is 5.75 Å². The van der Waals surface area contributed by atoms with Gasteiger partial charge in [-0.1, -0.05) is 0 Å². The quantitative estimate of drug-likeness (QED) is 0.868. The van der Waals surface area contributed by atoms with Crippen LogP contribution < -0.4 is 10.1 Å². The molecule has 1 aromatic rings. The van der Waals surface area contributed by atoms with Crippen molar-refractivity contribution in [2.45, 2.75) is 26.6 Å². The van der Waals surface area contributed by atoms with Crippen molar-refractivity contribution in [2.24, 2.45) is 0 Å². The van der Waals surface area contributed by atoms with E-state index in [1.54, 1.807) is 7.11 Å². The van der Waals surface area contributed by atoms with Gasteiger partial charge in [0, 0.05) is 30.4 Å². The maximum absolute atomic E-state index is 5.70. The van der Waals surface area contributed by atoms with Gasteiger partial charge < -0.3 is 19.5 Å². The fourth-order valence-corrected chi connectivity index (χ4v) is 2.23. The first-order valence-electron chi connectivity index (χ1n) is 6.61. The van der Waals surface area contributed by atoms with Gasteiger partial charge in [-0.3, -0.25) is 4.98 Å². The van der Waals surface area contributed by atoms with Crippen LogP contribution in [0.15, 0.2) is 6.20 Å². The number of hydrogen-bond acceptors (Lipinski definition) is 5. The first-order valence-corrected chi connectivity index (χ1v) is 6.61. The molecule has 2 heterocycles. The van der Waals surface area contributed by atoms with E-state index in [9.17, 15) is 0 Å². The van der Waals surface area contributed by atoms with Crippen molar-refractivity contribution in [1.29, 1.82) is 0 Å². The fourth-order valence-electron chi connectivity index (χ4n) is 2.23. The molecule has 1 N–H and O–H groups in total. The van der Waals surface area contributed by atoms with E-state index in [1.807, 2.05) is 20.0 Å². The average Bonchev–Trinajstić information content (AvgIpc) is 2.43. The number of methoxy groups -OCH3 is 1. The van der Waals surface area contributed by atoms with E-state index in [4.69, 9.17) is 14.2 Å². The minimum Gasteiger partial charge on any atom is -0.496 e. The molecular formula is C14H22N2O3. The molecule has 1 saturated heterocycles. The van der Waals surface area contributed by atoms with Crippen LogP contribution >= 0.6 is 0 Å². The van der Waals surface area contributed by atoms with E-state index in [2.05, 4.69) is 10.3 Å². The highest BCUT2D eigenvalue weighted by Gasteiger charge is 2.14. The number of aromatic nitrogens is 1. The Bertz CT molecular complexity index is 417. The number of hydrogen-bond donors (Lipinski definition) is 1. The van der Waals surface area contributed by atoms with Crippen molar-refractivity contribution < 1.29 is 14.2 Å². The molecule has 106 valence electrons. The van der Waals surface area contributed by atoms with Crippen LogP contribution in [0.2, 0.25) is 0 Å². The predicted octanol–water partition coefficient (Wildman–Crippen LogP) is 1.21. The topological polar surface area (TPSA) is 52.6 Å². The lowest BCUT2D eigenvalue weighted by Crippen LogP contribution is -2.40. The number of rotatable bonds is 5. The molecule has 1 atom stereocenters. The number of nitrogens with zero attached hydrogens (tertiary/aromatic N) is 1. The van der Waals surface area contributed by atoms with Gasteiger partial charge in [0.05, 0.1) is 38.7 Å². The summed E-state index contributed by atoms with van der Waals surface area (Å²) in [7, 11) is 1.68. The zero-order chi connectivity index (χ0) is 13.7. The Morgan fingerprint density at radius 1 is 1.47 bits per heavy atom. The molecule has 1 aromatic heterocycles. The van der Waals surface area contributed by atoms with Crippen molar-refractivity contribution >= 4 is 0 Å². The van der Waals surface area contributed by atoms with Crippen molar-refractivity contribution in [3.05, 3.63) is 23.0 Å². The van der Waals surface area contributed by atoms with Gasteiger partial charge in [-0.2, -0.15) is 0 Å². The lowest BCUT2D eigenvalue weighted by atomic mass is 10.1. The van der Waals surface area contributed by atoms with E-state index in [1.165, 1.54) is 0 Å². The molecular weight excluding hydrogens is 244 g/mol. The average molecular weight is 266 g/mol. The summed E-state index contributed by atoms with van der Waals surface area (Å²) in [6.07, 6.45) is 1.96. The van der Waals surface area contributed by atoms with E-state index in [0.29, 0.717) is 13.2 Å². The molecule has 0 amide bonds. The highest BCUT2D eigenvalue weighted by molar-refractivity contribution is 5.40. The number of nitrogens with one attached hydrogen (secondary N) is 1. The van der Waals surface area contributed by atoms with Gasteiger partial charge in [-0.25, -0.2) is 0 Å². The predicted molar refractivity (Wildman–Crippen MR) is 72.5 cm³/mol. The van der Waals surface area contributed by atoms with Crippen LogP contribution in [0, 0.1) is 13.8 Å². The highest BCUT2D eigenvalue weighted by atomic mass is 16.5. The Morgan fingerprint density at radius 3 is 3.00 bits per heavy atom. The summed E-state index contributed by atoms with van der Waals surface area (Å²) in [6.45, 7) is 7.60. The maximum Gasteiger partial charge on any atom is 0.128 e. The van der Waals surface area contributed by atoms with E-state index >= 15 is 0 Å². The normalized spacial score (nSPS) is 19.4. The second kappa shape index (κ2) is 6.84. The summed E-state index contributed by atoms with van der Waals surface area (Å²) in [5, 5.41) is 3.28. The second-order valence-electron chi connectivity index (χ2n) is 4.76. The number of morpholine rings is 1. The van der Waals surface area contributed by atoms with Crippen LogP contribution in [-0.4, -0.2) is 44.5 Å². The van der Waals surface area contributed by atoms with Crippen molar-refractivity contribution in [1.82, 2.24) is 10.3 Å². The third kappa shape index (κ3) is 3.65. The Hall–Kier alpha value is -1.17. The summed E-state index contributed by atoms with van der Waals surface area (Å²) in [5.41, 5.74) is 3.01. The molecule has 0 radical (unpaired) electrons. The molecule has 0 spiro atoms. The lowest BCUT2D eigenvalue weighted by Gasteiger charge is -2.23. The van der Waals surface area contributed by atoms with Crippen molar-refractivity contribution in [3.63, 3.8) is 0 Å². The largest absolute Gasteiger partial charge is 0.496 e. The summed E-state index contributed by atoms with van der Waals surface area (Å²) in [4.78, 5) is 4.41. The summed E-state index contributed by atoms with van der Waals surface area (Å²) >= 11 is 0. The first-order chi connectivity index (χ1) is 9.22. The maximum atomic E-state index is 5.70. The smallest absolute Gasteiger partial charge is 0.128 e. The van der Waals surface area contributed by atoms with Gasteiger partial charge in [0.2, 0.25) is 0 Å². The molecule has 1 aliphatic rings.